The van der Waals surface area contributed by atoms with Crippen molar-refractivity contribution in [1.29, 1.82) is 0 Å². The van der Waals surface area contributed by atoms with Crippen LogP contribution in [0.3, 0.4) is 0 Å². The Morgan fingerprint density at radius 2 is 1.91 bits per heavy atom. The van der Waals surface area contributed by atoms with Crippen LogP contribution in [0.4, 0.5) is 5.82 Å². The van der Waals surface area contributed by atoms with Crippen molar-refractivity contribution in [3.8, 4) is 0 Å². The minimum absolute atomic E-state index is 0.0192. The molecule has 0 aromatic carbocycles. The van der Waals surface area contributed by atoms with Gasteiger partial charge in [-0.15, -0.1) is 0 Å². The van der Waals surface area contributed by atoms with Gasteiger partial charge in [0.1, 0.15) is 5.82 Å². The molecule has 2 aliphatic rings. The van der Waals surface area contributed by atoms with Gasteiger partial charge in [-0.25, -0.2) is 9.67 Å². The van der Waals surface area contributed by atoms with Gasteiger partial charge in [-0.1, -0.05) is 0 Å². The van der Waals surface area contributed by atoms with Gasteiger partial charge in [0, 0.05) is 44.0 Å². The third-order valence-corrected chi connectivity index (χ3v) is 4.80. The number of nitrogens with zero attached hydrogens (tertiary/aromatic N) is 5. The highest BCUT2D eigenvalue weighted by atomic mass is 16.1. The van der Waals surface area contributed by atoms with Gasteiger partial charge >= 0.3 is 0 Å². The Balaban J connectivity index is 1.40. The lowest BCUT2D eigenvalue weighted by Crippen LogP contribution is -2.37. The molecular weight excluding hydrogens is 290 g/mol. The van der Waals surface area contributed by atoms with E-state index >= 15 is 0 Å². The standard InChI is InChI=1S/C17H21N5O/c23-17-4-3-15(14-1-2-14)20-22(17)12-13-5-9-21(10-6-13)16-11-18-7-8-19-16/h3-4,7-8,11,13-14H,1-2,5-6,9-10,12H2. The van der Waals surface area contributed by atoms with E-state index in [-0.39, 0.29) is 5.56 Å². The highest BCUT2D eigenvalue weighted by Crippen LogP contribution is 2.38. The van der Waals surface area contributed by atoms with E-state index in [4.69, 9.17) is 0 Å². The molecule has 2 aromatic heterocycles. The molecular formula is C17H21N5O. The third-order valence-electron chi connectivity index (χ3n) is 4.80. The predicted molar refractivity (Wildman–Crippen MR) is 87.4 cm³/mol. The summed E-state index contributed by atoms with van der Waals surface area (Å²) < 4.78 is 1.68. The van der Waals surface area contributed by atoms with E-state index < -0.39 is 0 Å². The molecule has 0 bridgehead atoms. The summed E-state index contributed by atoms with van der Waals surface area (Å²) in [5.41, 5.74) is 1.10. The highest BCUT2D eigenvalue weighted by molar-refractivity contribution is 5.35. The van der Waals surface area contributed by atoms with Crippen LogP contribution < -0.4 is 10.5 Å². The fraction of sp³-hybridized carbons (Fsp3) is 0.529. The highest BCUT2D eigenvalue weighted by Gasteiger charge is 2.26. The quantitative estimate of drug-likeness (QED) is 0.862. The monoisotopic (exact) mass is 311 g/mol. The summed E-state index contributed by atoms with van der Waals surface area (Å²) in [6, 6.07) is 3.57. The van der Waals surface area contributed by atoms with Crippen molar-refractivity contribution < 1.29 is 0 Å². The molecule has 1 saturated heterocycles. The number of piperidine rings is 1. The van der Waals surface area contributed by atoms with Gasteiger partial charge in [0.15, 0.2) is 0 Å². The normalized spacial score (nSPS) is 19.0. The Hall–Kier alpha value is -2.24. The van der Waals surface area contributed by atoms with Crippen LogP contribution in [-0.2, 0) is 6.54 Å². The lowest BCUT2D eigenvalue weighted by Gasteiger charge is -2.32. The Labute approximate surface area is 135 Å². The first-order chi connectivity index (χ1) is 11.3. The molecule has 1 saturated carbocycles. The van der Waals surface area contributed by atoms with E-state index in [9.17, 15) is 4.79 Å². The summed E-state index contributed by atoms with van der Waals surface area (Å²) in [5, 5.41) is 4.57. The molecule has 0 atom stereocenters. The second-order valence-corrected chi connectivity index (χ2v) is 6.55. The maximum absolute atomic E-state index is 12.0. The smallest absolute Gasteiger partial charge is 0.266 e. The van der Waals surface area contributed by atoms with Crippen molar-refractivity contribution in [2.45, 2.75) is 38.1 Å². The Kier molecular flexibility index (Phi) is 3.81. The van der Waals surface area contributed by atoms with Crippen molar-refractivity contribution in [2.75, 3.05) is 18.0 Å². The number of hydrogen-bond donors (Lipinski definition) is 0. The predicted octanol–water partition coefficient (Wildman–Crippen LogP) is 1.83. The van der Waals surface area contributed by atoms with Crippen LogP contribution in [0.1, 0.15) is 37.3 Å². The van der Waals surface area contributed by atoms with Crippen LogP contribution in [-0.4, -0.2) is 32.8 Å². The molecule has 6 nitrogen and oxygen atoms in total. The van der Waals surface area contributed by atoms with E-state index in [0.29, 0.717) is 11.8 Å². The summed E-state index contributed by atoms with van der Waals surface area (Å²) in [5.74, 6) is 2.03. The molecule has 3 heterocycles. The largest absolute Gasteiger partial charge is 0.355 e. The molecule has 120 valence electrons. The molecule has 23 heavy (non-hydrogen) atoms. The molecule has 2 aromatic rings. The van der Waals surface area contributed by atoms with Crippen LogP contribution in [0, 0.1) is 5.92 Å². The fourth-order valence-electron chi connectivity index (χ4n) is 3.24. The van der Waals surface area contributed by atoms with Crippen LogP contribution in [0.15, 0.2) is 35.5 Å². The minimum Gasteiger partial charge on any atom is -0.355 e. The Bertz CT molecular complexity index is 717. The second-order valence-electron chi connectivity index (χ2n) is 6.55. The van der Waals surface area contributed by atoms with Crippen LogP contribution in [0.2, 0.25) is 0 Å². The number of hydrogen-bond acceptors (Lipinski definition) is 5. The molecule has 0 spiro atoms. The summed E-state index contributed by atoms with van der Waals surface area (Å²) >= 11 is 0. The molecule has 4 rings (SSSR count). The molecule has 0 N–H and O–H groups in total. The molecule has 1 aliphatic carbocycles. The van der Waals surface area contributed by atoms with E-state index in [1.807, 2.05) is 12.3 Å². The third kappa shape index (κ3) is 3.25. The van der Waals surface area contributed by atoms with Gasteiger partial charge in [0.05, 0.1) is 11.9 Å². The van der Waals surface area contributed by atoms with Crippen molar-refractivity contribution >= 4 is 5.82 Å². The fourth-order valence-corrected chi connectivity index (χ4v) is 3.24. The zero-order valence-corrected chi connectivity index (χ0v) is 13.1. The molecule has 1 aliphatic heterocycles. The molecule has 0 amide bonds. The maximum atomic E-state index is 12.0. The van der Waals surface area contributed by atoms with Crippen molar-refractivity contribution in [2.24, 2.45) is 5.92 Å². The van der Waals surface area contributed by atoms with E-state index in [0.717, 1.165) is 44.0 Å². The molecule has 0 radical (unpaired) electrons. The lowest BCUT2D eigenvalue weighted by atomic mass is 9.97. The average Bonchev–Trinajstić information content (AvgIpc) is 3.43. The summed E-state index contributed by atoms with van der Waals surface area (Å²) in [7, 11) is 0. The maximum Gasteiger partial charge on any atom is 0.266 e. The van der Waals surface area contributed by atoms with Gasteiger partial charge in [-0.3, -0.25) is 9.78 Å². The Morgan fingerprint density at radius 3 is 2.61 bits per heavy atom. The molecule has 2 fully saturated rings. The SMILES string of the molecule is O=c1ccc(C2CC2)nn1CC1CCN(c2cnccn2)CC1. The molecule has 0 unspecified atom stereocenters. The van der Waals surface area contributed by atoms with Gasteiger partial charge in [0.2, 0.25) is 0 Å². The Morgan fingerprint density at radius 1 is 1.09 bits per heavy atom. The van der Waals surface area contributed by atoms with Gasteiger partial charge in [0.25, 0.3) is 5.56 Å². The van der Waals surface area contributed by atoms with Crippen molar-refractivity contribution in [3.05, 3.63) is 46.8 Å². The second kappa shape index (κ2) is 6.10. The summed E-state index contributed by atoms with van der Waals surface area (Å²) in [6.45, 7) is 2.65. The first-order valence-electron chi connectivity index (χ1n) is 8.38. The van der Waals surface area contributed by atoms with E-state index in [1.165, 1.54) is 12.8 Å². The lowest BCUT2D eigenvalue weighted by molar-refractivity contribution is 0.333. The average molecular weight is 311 g/mol. The zero-order chi connectivity index (χ0) is 15.6. The first kappa shape index (κ1) is 14.4. The van der Waals surface area contributed by atoms with Gasteiger partial charge in [-0.05, 0) is 37.7 Å². The van der Waals surface area contributed by atoms with Crippen LogP contribution in [0.25, 0.3) is 0 Å². The minimum atomic E-state index is 0.0192. The van der Waals surface area contributed by atoms with Crippen LogP contribution in [0.5, 0.6) is 0 Å². The van der Waals surface area contributed by atoms with Crippen molar-refractivity contribution in [3.63, 3.8) is 0 Å². The topological polar surface area (TPSA) is 63.9 Å². The van der Waals surface area contributed by atoms with Crippen molar-refractivity contribution in [1.82, 2.24) is 19.7 Å². The van der Waals surface area contributed by atoms with Gasteiger partial charge < -0.3 is 4.90 Å². The summed E-state index contributed by atoms with van der Waals surface area (Å²) in [6.07, 6.45) is 9.76. The zero-order valence-electron chi connectivity index (χ0n) is 13.1. The first-order valence-corrected chi connectivity index (χ1v) is 8.38. The van der Waals surface area contributed by atoms with E-state index in [1.54, 1.807) is 23.1 Å². The van der Waals surface area contributed by atoms with Gasteiger partial charge in [-0.2, -0.15) is 5.10 Å². The summed E-state index contributed by atoms with van der Waals surface area (Å²) in [4.78, 5) is 22.8. The van der Waals surface area contributed by atoms with Crippen LogP contribution >= 0.6 is 0 Å². The number of aromatic nitrogens is 4. The number of rotatable bonds is 4. The number of anilines is 1. The molecule has 6 heteroatoms. The van der Waals surface area contributed by atoms with E-state index in [2.05, 4.69) is 20.0 Å².